The molecule has 160 valence electrons. The highest BCUT2D eigenvalue weighted by Gasteiger charge is 2.37. The number of amides is 1. The first-order valence-corrected chi connectivity index (χ1v) is 9.95. The fourth-order valence-electron chi connectivity index (χ4n) is 4.10. The van der Waals surface area contributed by atoms with Crippen LogP contribution >= 0.6 is 0 Å². The van der Waals surface area contributed by atoms with Crippen molar-refractivity contribution in [3.8, 4) is 11.1 Å². The van der Waals surface area contributed by atoms with Crippen LogP contribution in [0.25, 0.3) is 11.1 Å². The molecule has 0 saturated heterocycles. The van der Waals surface area contributed by atoms with Gasteiger partial charge < -0.3 is 16.4 Å². The van der Waals surface area contributed by atoms with Crippen molar-refractivity contribution in [3.63, 3.8) is 0 Å². The summed E-state index contributed by atoms with van der Waals surface area (Å²) in [6, 6.07) is 6.75. The largest absolute Gasteiger partial charge is 0.368 e. The van der Waals surface area contributed by atoms with Crippen LogP contribution in [-0.4, -0.2) is 38.8 Å². The molecule has 1 amide bonds. The Morgan fingerprint density at radius 1 is 1.19 bits per heavy atom. The number of carbonyl (C=O) groups excluding carboxylic acids is 1. The molecule has 3 aromatic rings. The van der Waals surface area contributed by atoms with Crippen LogP contribution in [0.15, 0.2) is 36.5 Å². The first kappa shape index (κ1) is 20.8. The molecule has 0 radical (unpaired) electrons. The number of halogens is 2. The van der Waals surface area contributed by atoms with E-state index in [9.17, 15) is 13.6 Å². The fourth-order valence-corrected chi connectivity index (χ4v) is 4.10. The summed E-state index contributed by atoms with van der Waals surface area (Å²) in [7, 11) is 0. The Hall–Kier alpha value is -3.46. The number of nitrogen functional groups attached to an aromatic ring is 1. The molecule has 31 heavy (non-hydrogen) atoms. The molecule has 2 aromatic heterocycles. The molecule has 4 rings (SSSR count). The van der Waals surface area contributed by atoms with Gasteiger partial charge in [0.2, 0.25) is 11.9 Å². The zero-order valence-corrected chi connectivity index (χ0v) is 17.0. The molecule has 1 aromatic carbocycles. The molecule has 1 unspecified atom stereocenters. The van der Waals surface area contributed by atoms with Gasteiger partial charge in [0.15, 0.2) is 0 Å². The van der Waals surface area contributed by atoms with Gasteiger partial charge in [-0.1, -0.05) is 6.07 Å². The summed E-state index contributed by atoms with van der Waals surface area (Å²) >= 11 is 0. The lowest BCUT2D eigenvalue weighted by molar-refractivity contribution is 0.0642. The van der Waals surface area contributed by atoms with Crippen molar-refractivity contribution in [2.45, 2.75) is 25.8 Å². The molecule has 0 saturated carbocycles. The van der Waals surface area contributed by atoms with Crippen LogP contribution in [0, 0.1) is 18.7 Å². The highest BCUT2D eigenvalue weighted by molar-refractivity contribution is 5.98. The van der Waals surface area contributed by atoms with Crippen molar-refractivity contribution in [1.29, 1.82) is 0 Å². The van der Waals surface area contributed by atoms with Gasteiger partial charge >= 0.3 is 0 Å². The second-order valence-electron chi connectivity index (χ2n) is 7.42. The molecule has 0 fully saturated rings. The lowest BCUT2D eigenvalue weighted by atomic mass is 9.87. The van der Waals surface area contributed by atoms with Gasteiger partial charge in [0.05, 0.1) is 23.0 Å². The molecule has 9 heteroatoms. The van der Waals surface area contributed by atoms with E-state index in [0.29, 0.717) is 54.0 Å². The monoisotopic (exact) mass is 424 g/mol. The van der Waals surface area contributed by atoms with Crippen molar-refractivity contribution < 1.29 is 13.6 Å². The summed E-state index contributed by atoms with van der Waals surface area (Å²) in [5.74, 6) is -1.40. The van der Waals surface area contributed by atoms with Gasteiger partial charge in [-0.3, -0.25) is 4.79 Å². The quantitative estimate of drug-likeness (QED) is 0.610. The number of aromatic nitrogens is 3. The maximum atomic E-state index is 14.5. The molecule has 4 N–H and O–H groups in total. The molecule has 1 aliphatic heterocycles. The average molecular weight is 424 g/mol. The predicted octanol–water partition coefficient (Wildman–Crippen LogP) is 2.80. The van der Waals surface area contributed by atoms with E-state index in [2.05, 4.69) is 15.0 Å². The zero-order valence-electron chi connectivity index (χ0n) is 17.0. The third-order valence-electron chi connectivity index (χ3n) is 5.45. The number of nitrogens with zero attached hydrogens (tertiary/aromatic N) is 4. The molecule has 7 nitrogen and oxygen atoms in total. The smallest absolute Gasteiger partial charge is 0.258 e. The Kier molecular flexibility index (Phi) is 5.60. The number of aryl methyl sites for hydroxylation is 1. The zero-order chi connectivity index (χ0) is 22.1. The van der Waals surface area contributed by atoms with Crippen LogP contribution in [0.3, 0.4) is 0 Å². The first-order chi connectivity index (χ1) is 14.9. The summed E-state index contributed by atoms with van der Waals surface area (Å²) in [6.07, 6.45) is 2.23. The minimum atomic E-state index is -0.715. The van der Waals surface area contributed by atoms with Crippen LogP contribution in [-0.2, 0) is 6.42 Å². The van der Waals surface area contributed by atoms with E-state index < -0.39 is 17.8 Å². The Labute approximate surface area is 178 Å². The number of hydrogen-bond donors (Lipinski definition) is 2. The minimum Gasteiger partial charge on any atom is -0.368 e. The number of fused-ring (bicyclic) bond motifs is 1. The number of rotatable bonds is 5. The van der Waals surface area contributed by atoms with E-state index in [1.165, 1.54) is 24.4 Å². The Morgan fingerprint density at radius 2 is 2.00 bits per heavy atom. The molecule has 3 heterocycles. The van der Waals surface area contributed by atoms with Crippen LogP contribution in [0.4, 0.5) is 14.7 Å². The lowest BCUT2D eigenvalue weighted by Gasteiger charge is -2.38. The van der Waals surface area contributed by atoms with Crippen LogP contribution < -0.4 is 11.5 Å². The van der Waals surface area contributed by atoms with Gasteiger partial charge in [-0.15, -0.1) is 0 Å². The van der Waals surface area contributed by atoms with Gasteiger partial charge in [-0.05, 0) is 55.3 Å². The topological polar surface area (TPSA) is 111 Å². The summed E-state index contributed by atoms with van der Waals surface area (Å²) in [4.78, 5) is 27.2. The van der Waals surface area contributed by atoms with Gasteiger partial charge in [0, 0.05) is 24.7 Å². The first-order valence-electron chi connectivity index (χ1n) is 9.95. The molecule has 1 aliphatic rings. The van der Waals surface area contributed by atoms with Crippen LogP contribution in [0.5, 0.6) is 0 Å². The Morgan fingerprint density at radius 3 is 2.74 bits per heavy atom. The van der Waals surface area contributed by atoms with Crippen molar-refractivity contribution in [3.05, 3.63) is 70.8 Å². The third-order valence-corrected chi connectivity index (χ3v) is 5.45. The summed E-state index contributed by atoms with van der Waals surface area (Å²) in [5, 5.41) is 0. The van der Waals surface area contributed by atoms with Gasteiger partial charge in [0.1, 0.15) is 5.82 Å². The lowest BCUT2D eigenvalue weighted by Crippen LogP contribution is -2.42. The summed E-state index contributed by atoms with van der Waals surface area (Å²) < 4.78 is 28.7. The number of carbonyl (C=O) groups is 1. The van der Waals surface area contributed by atoms with E-state index in [-0.39, 0.29) is 17.4 Å². The fraction of sp³-hybridized carbons (Fsp3) is 0.273. The van der Waals surface area contributed by atoms with E-state index in [4.69, 9.17) is 11.5 Å². The number of hydrogen-bond acceptors (Lipinski definition) is 6. The number of nitrogens with two attached hydrogens (primary N) is 2. The third kappa shape index (κ3) is 3.84. The molecule has 1 atom stereocenters. The molecular formula is C22H22F2N6O. The highest BCUT2D eigenvalue weighted by Crippen LogP contribution is 2.39. The number of pyridine rings is 1. The molecule has 0 aliphatic carbocycles. The standard InChI is InChI=1S/C22H22F2N6O/c1-12-19-17(29-22(26)28-12)11-18(30(21(19)31)9-3-7-25)14-6-5-13(23)10-16(14)15-4-2-8-27-20(15)24/h2,4-6,8,10,18H,3,7,9,11,25H2,1H3,(H2,26,28,29). The van der Waals surface area contributed by atoms with E-state index in [0.717, 1.165) is 0 Å². The normalized spacial score (nSPS) is 15.8. The second kappa shape index (κ2) is 8.35. The maximum absolute atomic E-state index is 14.5. The SMILES string of the molecule is Cc1nc(N)nc2c1C(=O)N(CCCN)C(c1ccc(F)cc1-c1cccnc1F)C2. The molecular weight excluding hydrogens is 402 g/mol. The van der Waals surface area contributed by atoms with Crippen molar-refractivity contribution in [2.75, 3.05) is 18.8 Å². The number of benzene rings is 1. The summed E-state index contributed by atoms with van der Waals surface area (Å²) in [5.41, 5.74) is 14.0. The van der Waals surface area contributed by atoms with E-state index >= 15 is 0 Å². The Bertz CT molecular complexity index is 1150. The van der Waals surface area contributed by atoms with Gasteiger partial charge in [-0.2, -0.15) is 4.39 Å². The van der Waals surface area contributed by atoms with Crippen molar-refractivity contribution in [2.24, 2.45) is 5.73 Å². The minimum absolute atomic E-state index is 0.0795. The van der Waals surface area contributed by atoms with Gasteiger partial charge in [-0.25, -0.2) is 19.3 Å². The molecule has 0 spiro atoms. The van der Waals surface area contributed by atoms with Crippen LogP contribution in [0.2, 0.25) is 0 Å². The highest BCUT2D eigenvalue weighted by atomic mass is 19.1. The van der Waals surface area contributed by atoms with Crippen molar-refractivity contribution >= 4 is 11.9 Å². The Balaban J connectivity index is 1.89. The number of anilines is 1. The van der Waals surface area contributed by atoms with Gasteiger partial charge in [0.25, 0.3) is 5.91 Å². The maximum Gasteiger partial charge on any atom is 0.258 e. The van der Waals surface area contributed by atoms with E-state index in [1.807, 2.05) is 0 Å². The predicted molar refractivity (Wildman–Crippen MR) is 112 cm³/mol. The second-order valence-corrected chi connectivity index (χ2v) is 7.42. The van der Waals surface area contributed by atoms with E-state index in [1.54, 1.807) is 24.0 Å². The molecule has 0 bridgehead atoms. The summed E-state index contributed by atoms with van der Waals surface area (Å²) in [6.45, 7) is 2.49. The van der Waals surface area contributed by atoms with Crippen molar-refractivity contribution in [1.82, 2.24) is 19.9 Å². The van der Waals surface area contributed by atoms with Crippen LogP contribution in [0.1, 0.15) is 39.8 Å². The average Bonchev–Trinajstić information content (AvgIpc) is 2.72.